The molecule has 0 bridgehead atoms. The highest BCUT2D eigenvalue weighted by Crippen LogP contribution is 2.27. The van der Waals surface area contributed by atoms with E-state index < -0.39 is 0 Å². The fourth-order valence-corrected chi connectivity index (χ4v) is 2.12. The molecule has 2 nitrogen and oxygen atoms in total. The Labute approximate surface area is 115 Å². The fraction of sp³-hybridized carbons (Fsp3) is 1.00. The van der Waals surface area contributed by atoms with Crippen molar-refractivity contribution in [3.63, 3.8) is 0 Å². The molecular weight excluding hydrogens is 224 g/mol. The third-order valence-electron chi connectivity index (χ3n) is 3.54. The first-order valence-corrected chi connectivity index (χ1v) is 6.81. The molecule has 18 heavy (non-hydrogen) atoms. The molecule has 0 spiro atoms. The summed E-state index contributed by atoms with van der Waals surface area (Å²) in [6.07, 6.45) is 5.91. The molecule has 2 heteroatoms. The van der Waals surface area contributed by atoms with Crippen LogP contribution in [0.15, 0.2) is 0 Å². The highest BCUT2D eigenvalue weighted by molar-refractivity contribution is 4.65. The largest absolute Gasteiger partial charge is 0.353 e. The monoisotopic (exact) mass is 260 g/mol. The van der Waals surface area contributed by atoms with Crippen molar-refractivity contribution in [1.82, 2.24) is 0 Å². The second-order valence-corrected chi connectivity index (χ2v) is 5.70. The predicted molar refractivity (Wildman–Crippen MR) is 80.8 cm³/mol. The maximum Gasteiger partial charge on any atom is 0.154 e. The quantitative estimate of drug-likeness (QED) is 0.602. The Morgan fingerprint density at radius 2 is 0.944 bits per heavy atom. The molecular formula is C16H36O2. The van der Waals surface area contributed by atoms with Gasteiger partial charge in [0.05, 0.1) is 13.2 Å². The Kier molecular flexibility index (Phi) is 12.2. The van der Waals surface area contributed by atoms with Crippen LogP contribution in [0.4, 0.5) is 0 Å². The van der Waals surface area contributed by atoms with Crippen molar-refractivity contribution in [3.05, 3.63) is 0 Å². The maximum absolute atomic E-state index is 5.17. The van der Waals surface area contributed by atoms with Crippen LogP contribution in [0.1, 0.15) is 68.2 Å². The first-order valence-electron chi connectivity index (χ1n) is 6.81. The number of hydrogen-bond donors (Lipinski definition) is 0. The molecule has 2 fully saturated rings. The zero-order chi connectivity index (χ0) is 12.0. The summed E-state index contributed by atoms with van der Waals surface area (Å²) in [6, 6.07) is 0. The molecule has 112 valence electrons. The topological polar surface area (TPSA) is 18.5 Å². The van der Waals surface area contributed by atoms with Crippen molar-refractivity contribution in [3.8, 4) is 0 Å². The van der Waals surface area contributed by atoms with Crippen LogP contribution in [0.25, 0.3) is 0 Å². The van der Waals surface area contributed by atoms with Crippen LogP contribution in [0.2, 0.25) is 0 Å². The average molecular weight is 260 g/mol. The van der Waals surface area contributed by atoms with Gasteiger partial charge in [-0.2, -0.15) is 0 Å². The number of hydrogen-bond acceptors (Lipinski definition) is 2. The van der Waals surface area contributed by atoms with Crippen molar-refractivity contribution < 1.29 is 9.47 Å². The van der Waals surface area contributed by atoms with E-state index in [-0.39, 0.29) is 21.1 Å². The van der Waals surface area contributed by atoms with E-state index in [0.29, 0.717) is 5.92 Å². The summed E-state index contributed by atoms with van der Waals surface area (Å²) in [6.45, 7) is 10.5. The minimum Gasteiger partial charge on any atom is -0.353 e. The van der Waals surface area contributed by atoms with Crippen LogP contribution in [0.3, 0.4) is 0 Å². The second-order valence-electron chi connectivity index (χ2n) is 5.70. The predicted octanol–water partition coefficient (Wildman–Crippen LogP) is 5.12. The van der Waals surface area contributed by atoms with Crippen molar-refractivity contribution >= 4 is 0 Å². The summed E-state index contributed by atoms with van der Waals surface area (Å²) in [7, 11) is 0. The number of rotatable bonds is 0. The van der Waals surface area contributed by atoms with E-state index in [4.69, 9.17) is 9.47 Å². The van der Waals surface area contributed by atoms with Gasteiger partial charge in [0.25, 0.3) is 0 Å². The van der Waals surface area contributed by atoms with E-state index >= 15 is 0 Å². The zero-order valence-electron chi connectivity index (χ0n) is 11.4. The second kappa shape index (κ2) is 10.8. The SMILES string of the molecule is C.C.CC1CCC(C)CC1.CC1COC(C)OC1. The van der Waals surface area contributed by atoms with Crippen LogP contribution in [0, 0.1) is 17.8 Å². The molecule has 0 radical (unpaired) electrons. The van der Waals surface area contributed by atoms with Gasteiger partial charge in [-0.1, -0.05) is 61.3 Å². The molecule has 0 N–H and O–H groups in total. The molecule has 1 saturated carbocycles. The fourth-order valence-electron chi connectivity index (χ4n) is 2.12. The van der Waals surface area contributed by atoms with Crippen molar-refractivity contribution in [2.75, 3.05) is 13.2 Å². The number of ether oxygens (including phenoxy) is 2. The van der Waals surface area contributed by atoms with Crippen LogP contribution >= 0.6 is 0 Å². The molecule has 1 heterocycles. The average Bonchev–Trinajstić information content (AvgIpc) is 2.28. The highest BCUT2D eigenvalue weighted by Gasteiger charge is 2.14. The van der Waals surface area contributed by atoms with Crippen LogP contribution in [0.5, 0.6) is 0 Å². The molecule has 2 rings (SSSR count). The smallest absolute Gasteiger partial charge is 0.154 e. The molecule has 0 atom stereocenters. The molecule has 0 amide bonds. The Morgan fingerprint density at radius 3 is 1.22 bits per heavy atom. The lowest BCUT2D eigenvalue weighted by molar-refractivity contribution is -0.187. The molecule has 0 aromatic rings. The van der Waals surface area contributed by atoms with Gasteiger partial charge in [0.15, 0.2) is 6.29 Å². The molecule has 2 aliphatic rings. The minimum absolute atomic E-state index is 0. The Morgan fingerprint density at radius 1 is 0.611 bits per heavy atom. The lowest BCUT2D eigenvalue weighted by Gasteiger charge is -2.24. The summed E-state index contributed by atoms with van der Waals surface area (Å²) in [5.74, 6) is 2.61. The highest BCUT2D eigenvalue weighted by atomic mass is 16.7. The van der Waals surface area contributed by atoms with Crippen molar-refractivity contribution in [2.24, 2.45) is 17.8 Å². The Hall–Kier alpha value is -0.0800. The van der Waals surface area contributed by atoms with Crippen LogP contribution in [-0.2, 0) is 9.47 Å². The van der Waals surface area contributed by atoms with Gasteiger partial charge in [-0.3, -0.25) is 0 Å². The maximum atomic E-state index is 5.17. The van der Waals surface area contributed by atoms with Gasteiger partial charge in [-0.25, -0.2) is 0 Å². The molecule has 1 saturated heterocycles. The van der Waals surface area contributed by atoms with E-state index in [1.54, 1.807) is 0 Å². The first-order chi connectivity index (χ1) is 7.58. The third kappa shape index (κ3) is 8.93. The van der Waals surface area contributed by atoms with Gasteiger partial charge in [-0.15, -0.1) is 0 Å². The van der Waals surface area contributed by atoms with Gasteiger partial charge in [0.2, 0.25) is 0 Å². The zero-order valence-corrected chi connectivity index (χ0v) is 11.4. The van der Waals surface area contributed by atoms with E-state index in [0.717, 1.165) is 25.0 Å². The summed E-state index contributed by atoms with van der Waals surface area (Å²) in [5.41, 5.74) is 0. The van der Waals surface area contributed by atoms with E-state index in [9.17, 15) is 0 Å². The molecule has 0 unspecified atom stereocenters. The third-order valence-corrected chi connectivity index (χ3v) is 3.54. The Bertz CT molecular complexity index is 126. The van der Waals surface area contributed by atoms with E-state index in [1.807, 2.05) is 6.92 Å². The lowest BCUT2D eigenvalue weighted by atomic mass is 9.84. The first kappa shape index (κ1) is 20.2. The molecule has 0 aromatic carbocycles. The molecule has 1 aliphatic heterocycles. The molecule has 1 aliphatic carbocycles. The van der Waals surface area contributed by atoms with E-state index in [2.05, 4.69) is 20.8 Å². The van der Waals surface area contributed by atoms with Crippen molar-refractivity contribution in [2.45, 2.75) is 74.5 Å². The minimum atomic E-state index is 0. The standard InChI is InChI=1S/C8H16.C6H12O2.2CH4/c1-7-3-5-8(2)6-4-7;1-5-3-7-6(2)8-4-5;;/h7-8H,3-6H2,1-2H3;5-6H,3-4H2,1-2H3;2*1H4. The van der Waals surface area contributed by atoms with Gasteiger partial charge in [0.1, 0.15) is 0 Å². The van der Waals surface area contributed by atoms with E-state index in [1.165, 1.54) is 25.7 Å². The van der Waals surface area contributed by atoms with Gasteiger partial charge in [-0.05, 0) is 18.8 Å². The summed E-state index contributed by atoms with van der Waals surface area (Å²) in [5, 5.41) is 0. The van der Waals surface area contributed by atoms with Gasteiger partial charge in [0, 0.05) is 5.92 Å². The van der Waals surface area contributed by atoms with Gasteiger partial charge < -0.3 is 9.47 Å². The summed E-state index contributed by atoms with van der Waals surface area (Å²) < 4.78 is 10.3. The Balaban J connectivity index is 0. The summed E-state index contributed by atoms with van der Waals surface area (Å²) >= 11 is 0. The molecule has 0 aromatic heterocycles. The summed E-state index contributed by atoms with van der Waals surface area (Å²) in [4.78, 5) is 0. The van der Waals surface area contributed by atoms with Crippen LogP contribution in [-0.4, -0.2) is 19.5 Å². The lowest BCUT2D eigenvalue weighted by Crippen LogP contribution is -2.27. The van der Waals surface area contributed by atoms with Gasteiger partial charge >= 0.3 is 0 Å². The normalized spacial score (nSPS) is 35.3. The van der Waals surface area contributed by atoms with Crippen molar-refractivity contribution in [1.29, 1.82) is 0 Å². The van der Waals surface area contributed by atoms with Crippen LogP contribution < -0.4 is 0 Å².